The molecule has 0 radical (unpaired) electrons. The predicted molar refractivity (Wildman–Crippen MR) is 84.0 cm³/mol. The van der Waals surface area contributed by atoms with E-state index < -0.39 is 23.2 Å². The molecular formula is C17H23NO5. The van der Waals surface area contributed by atoms with Crippen LogP contribution in [0.2, 0.25) is 0 Å². The van der Waals surface area contributed by atoms with Crippen molar-refractivity contribution in [2.24, 2.45) is 0 Å². The molecule has 1 aliphatic heterocycles. The fraction of sp³-hybridized carbons (Fsp3) is 0.529. The highest BCUT2D eigenvalue weighted by Gasteiger charge is 2.43. The lowest BCUT2D eigenvalue weighted by atomic mass is 9.79. The molecule has 126 valence electrons. The smallest absolute Gasteiger partial charge is 0.407 e. The molecule has 1 atom stereocenters. The Morgan fingerprint density at radius 1 is 1.30 bits per heavy atom. The number of ether oxygens (including phenoxy) is 2. The van der Waals surface area contributed by atoms with E-state index in [9.17, 15) is 14.7 Å². The molecule has 6 heteroatoms. The maximum absolute atomic E-state index is 12.1. The number of hydrogen-bond donors (Lipinski definition) is 2. The van der Waals surface area contributed by atoms with Crippen LogP contribution in [0.15, 0.2) is 30.3 Å². The minimum Gasteiger partial charge on any atom is -0.481 e. The van der Waals surface area contributed by atoms with Gasteiger partial charge in [-0.15, -0.1) is 0 Å². The van der Waals surface area contributed by atoms with Crippen LogP contribution < -0.4 is 5.32 Å². The molecule has 1 aromatic rings. The summed E-state index contributed by atoms with van der Waals surface area (Å²) >= 11 is 0. The third kappa shape index (κ3) is 5.25. The Labute approximate surface area is 135 Å². The summed E-state index contributed by atoms with van der Waals surface area (Å²) < 4.78 is 10.8. The molecule has 6 nitrogen and oxygen atoms in total. The standard InChI is InChI=1S/C17H23NO5/c1-16(2)12-17(8-9-23-16,10-14(19)20)18-15(21)22-11-13-6-4-3-5-7-13/h3-7H,8-12H2,1-2H3,(H,18,21)(H,19,20). The SMILES string of the molecule is CC1(C)CC(CC(=O)O)(NC(=O)OCc2ccccc2)CCO1. The van der Waals surface area contributed by atoms with Crippen molar-refractivity contribution in [3.05, 3.63) is 35.9 Å². The highest BCUT2D eigenvalue weighted by molar-refractivity contribution is 5.72. The van der Waals surface area contributed by atoms with Crippen LogP contribution in [0.25, 0.3) is 0 Å². The summed E-state index contributed by atoms with van der Waals surface area (Å²) in [5.41, 5.74) is -0.455. The lowest BCUT2D eigenvalue weighted by Crippen LogP contribution is -2.57. The highest BCUT2D eigenvalue weighted by Crippen LogP contribution is 2.34. The predicted octanol–water partition coefficient (Wildman–Crippen LogP) is 2.72. The van der Waals surface area contributed by atoms with Gasteiger partial charge in [-0.05, 0) is 32.3 Å². The lowest BCUT2D eigenvalue weighted by molar-refractivity contribution is -0.142. The van der Waals surface area contributed by atoms with Crippen molar-refractivity contribution in [3.8, 4) is 0 Å². The first kappa shape index (κ1) is 17.3. The molecule has 1 amide bonds. The maximum atomic E-state index is 12.1. The first-order valence-electron chi connectivity index (χ1n) is 7.65. The molecule has 1 aliphatic rings. The van der Waals surface area contributed by atoms with Crippen LogP contribution in [-0.4, -0.2) is 34.9 Å². The van der Waals surface area contributed by atoms with Gasteiger partial charge in [0.15, 0.2) is 0 Å². The third-order valence-electron chi connectivity index (χ3n) is 3.91. The number of benzene rings is 1. The van der Waals surface area contributed by atoms with Crippen LogP contribution in [0.1, 0.15) is 38.7 Å². The van der Waals surface area contributed by atoms with Gasteiger partial charge in [0.1, 0.15) is 6.61 Å². The number of carboxylic acid groups (broad SMARTS) is 1. The van der Waals surface area contributed by atoms with Gasteiger partial charge < -0.3 is 19.9 Å². The van der Waals surface area contributed by atoms with Gasteiger partial charge in [-0.25, -0.2) is 4.79 Å². The van der Waals surface area contributed by atoms with Crippen molar-refractivity contribution in [3.63, 3.8) is 0 Å². The third-order valence-corrected chi connectivity index (χ3v) is 3.91. The van der Waals surface area contributed by atoms with Crippen molar-refractivity contribution in [1.82, 2.24) is 5.32 Å². The average molecular weight is 321 g/mol. The van der Waals surface area contributed by atoms with E-state index in [0.717, 1.165) is 5.56 Å². The zero-order valence-electron chi connectivity index (χ0n) is 13.5. The van der Waals surface area contributed by atoms with Gasteiger partial charge in [-0.3, -0.25) is 4.79 Å². The van der Waals surface area contributed by atoms with Gasteiger partial charge in [-0.1, -0.05) is 30.3 Å². The second kappa shape index (κ2) is 7.00. The van der Waals surface area contributed by atoms with Crippen LogP contribution in [0.4, 0.5) is 4.79 Å². The number of amides is 1. The molecule has 0 aromatic heterocycles. The first-order chi connectivity index (χ1) is 10.8. The Hall–Kier alpha value is -2.08. The van der Waals surface area contributed by atoms with Gasteiger partial charge in [0, 0.05) is 6.61 Å². The monoisotopic (exact) mass is 321 g/mol. The number of carbonyl (C=O) groups excluding carboxylic acids is 1. The van der Waals surface area contributed by atoms with Gasteiger partial charge in [-0.2, -0.15) is 0 Å². The molecular weight excluding hydrogens is 298 g/mol. The summed E-state index contributed by atoms with van der Waals surface area (Å²) in [6, 6.07) is 9.33. The summed E-state index contributed by atoms with van der Waals surface area (Å²) in [6.45, 7) is 4.33. The molecule has 23 heavy (non-hydrogen) atoms. The number of carboxylic acids is 1. The number of hydrogen-bond acceptors (Lipinski definition) is 4. The minimum absolute atomic E-state index is 0.149. The Balaban J connectivity index is 1.99. The maximum Gasteiger partial charge on any atom is 0.407 e. The van der Waals surface area contributed by atoms with E-state index in [1.165, 1.54) is 0 Å². The molecule has 1 saturated heterocycles. The summed E-state index contributed by atoms with van der Waals surface area (Å²) in [5.74, 6) is -0.953. The van der Waals surface area contributed by atoms with Gasteiger partial charge in [0.25, 0.3) is 0 Å². The average Bonchev–Trinajstić information content (AvgIpc) is 2.44. The zero-order chi connectivity index (χ0) is 16.9. The molecule has 0 bridgehead atoms. The van der Waals surface area contributed by atoms with Gasteiger partial charge in [0.05, 0.1) is 17.6 Å². The molecule has 1 unspecified atom stereocenters. The van der Waals surface area contributed by atoms with E-state index in [2.05, 4.69) is 5.32 Å². The molecule has 2 rings (SSSR count). The second-order valence-corrected chi connectivity index (χ2v) is 6.57. The summed E-state index contributed by atoms with van der Waals surface area (Å²) in [4.78, 5) is 23.3. The number of alkyl carbamates (subject to hydrolysis) is 1. The number of carbonyl (C=O) groups is 2. The van der Waals surface area contributed by atoms with E-state index >= 15 is 0 Å². The summed E-state index contributed by atoms with van der Waals surface area (Å²) in [5, 5.41) is 12.0. The van der Waals surface area contributed by atoms with Crippen molar-refractivity contribution >= 4 is 12.1 Å². The van der Waals surface area contributed by atoms with Crippen LogP contribution >= 0.6 is 0 Å². The Morgan fingerprint density at radius 3 is 2.61 bits per heavy atom. The summed E-state index contributed by atoms with van der Waals surface area (Å²) in [7, 11) is 0. The van der Waals surface area contributed by atoms with Crippen LogP contribution in [0.3, 0.4) is 0 Å². The molecule has 2 N–H and O–H groups in total. The fourth-order valence-electron chi connectivity index (χ4n) is 3.04. The van der Waals surface area contributed by atoms with E-state index in [1.54, 1.807) is 0 Å². The van der Waals surface area contributed by atoms with Crippen molar-refractivity contribution in [1.29, 1.82) is 0 Å². The Bertz CT molecular complexity index is 557. The van der Waals surface area contributed by atoms with Crippen molar-refractivity contribution in [2.45, 2.75) is 50.9 Å². The normalized spacial score (nSPS) is 23.0. The molecule has 0 spiro atoms. The second-order valence-electron chi connectivity index (χ2n) is 6.57. The molecule has 1 fully saturated rings. The van der Waals surface area contributed by atoms with Gasteiger partial charge in [0.2, 0.25) is 0 Å². The molecule has 0 aliphatic carbocycles. The van der Waals surface area contributed by atoms with Gasteiger partial charge >= 0.3 is 12.1 Å². The van der Waals surface area contributed by atoms with Crippen molar-refractivity contribution in [2.75, 3.05) is 6.61 Å². The molecule has 1 aromatic carbocycles. The Kier molecular flexibility index (Phi) is 5.26. The van der Waals surface area contributed by atoms with E-state index in [0.29, 0.717) is 19.4 Å². The number of aliphatic carboxylic acids is 1. The first-order valence-corrected chi connectivity index (χ1v) is 7.65. The largest absolute Gasteiger partial charge is 0.481 e. The van der Waals surface area contributed by atoms with E-state index in [4.69, 9.17) is 9.47 Å². The van der Waals surface area contributed by atoms with Crippen LogP contribution in [0.5, 0.6) is 0 Å². The number of rotatable bonds is 5. The lowest BCUT2D eigenvalue weighted by Gasteiger charge is -2.44. The summed E-state index contributed by atoms with van der Waals surface area (Å²) in [6.07, 6.45) is 0.114. The topological polar surface area (TPSA) is 84.9 Å². The zero-order valence-corrected chi connectivity index (χ0v) is 13.5. The van der Waals surface area contributed by atoms with Crippen molar-refractivity contribution < 1.29 is 24.2 Å². The molecule has 1 heterocycles. The van der Waals surface area contributed by atoms with E-state index in [1.807, 2.05) is 44.2 Å². The number of nitrogens with one attached hydrogen (secondary N) is 1. The fourth-order valence-corrected chi connectivity index (χ4v) is 3.04. The molecule has 0 saturated carbocycles. The van der Waals surface area contributed by atoms with Crippen LogP contribution in [0, 0.1) is 0 Å². The minimum atomic E-state index is -0.953. The highest BCUT2D eigenvalue weighted by atomic mass is 16.5. The Morgan fingerprint density at radius 2 is 2.00 bits per heavy atom. The van der Waals surface area contributed by atoms with E-state index in [-0.39, 0.29) is 13.0 Å². The van der Waals surface area contributed by atoms with Crippen LogP contribution in [-0.2, 0) is 20.9 Å². The quantitative estimate of drug-likeness (QED) is 0.871.